The van der Waals surface area contributed by atoms with Crippen LogP contribution in [0.5, 0.6) is 0 Å². The first-order chi connectivity index (χ1) is 7.54. The number of carbonyl (C=O) groups excluding carboxylic acids is 1. The van der Waals surface area contributed by atoms with E-state index in [0.717, 1.165) is 0 Å². The predicted molar refractivity (Wildman–Crippen MR) is 68.4 cm³/mol. The minimum atomic E-state index is -0.147. The number of rotatable bonds is 4. The molecule has 0 saturated carbocycles. The third-order valence-electron chi connectivity index (χ3n) is 1.89. The van der Waals surface area contributed by atoms with Crippen molar-refractivity contribution >= 4 is 46.4 Å². The Labute approximate surface area is 109 Å². The number of hydrogen-bond donors (Lipinski definition) is 2. The van der Waals surface area contributed by atoms with Crippen LogP contribution in [-0.2, 0) is 4.79 Å². The molecule has 0 aliphatic heterocycles. The molecular formula is C10H11Cl3N2O. The van der Waals surface area contributed by atoms with Crippen LogP contribution in [0.25, 0.3) is 0 Å². The van der Waals surface area contributed by atoms with Crippen molar-refractivity contribution in [1.82, 2.24) is 0 Å². The molecule has 1 amide bonds. The first-order valence-electron chi connectivity index (χ1n) is 4.69. The third kappa shape index (κ3) is 3.83. The molecule has 16 heavy (non-hydrogen) atoms. The highest BCUT2D eigenvalue weighted by molar-refractivity contribution is 6.44. The SMILES string of the molecule is NCCCC(=O)Nc1cc(Cl)c(Cl)cc1Cl. The van der Waals surface area contributed by atoms with E-state index in [4.69, 9.17) is 40.5 Å². The molecular weight excluding hydrogens is 270 g/mol. The maximum absolute atomic E-state index is 11.4. The van der Waals surface area contributed by atoms with Crippen molar-refractivity contribution in [3.8, 4) is 0 Å². The van der Waals surface area contributed by atoms with E-state index in [2.05, 4.69) is 5.32 Å². The van der Waals surface area contributed by atoms with Gasteiger partial charge >= 0.3 is 0 Å². The molecule has 3 nitrogen and oxygen atoms in total. The number of benzene rings is 1. The Kier molecular flexibility index (Phi) is 5.35. The molecule has 0 atom stereocenters. The highest BCUT2D eigenvalue weighted by atomic mass is 35.5. The van der Waals surface area contributed by atoms with Gasteiger partial charge in [-0.3, -0.25) is 4.79 Å². The molecule has 0 radical (unpaired) electrons. The van der Waals surface area contributed by atoms with Crippen molar-refractivity contribution in [2.75, 3.05) is 11.9 Å². The van der Waals surface area contributed by atoms with E-state index in [9.17, 15) is 4.79 Å². The van der Waals surface area contributed by atoms with Crippen LogP contribution in [0.1, 0.15) is 12.8 Å². The number of carbonyl (C=O) groups is 1. The Morgan fingerprint density at radius 3 is 2.44 bits per heavy atom. The molecule has 6 heteroatoms. The smallest absolute Gasteiger partial charge is 0.224 e. The lowest BCUT2D eigenvalue weighted by Gasteiger charge is -2.08. The van der Waals surface area contributed by atoms with Gasteiger partial charge in [0.1, 0.15) is 0 Å². The van der Waals surface area contributed by atoms with Gasteiger partial charge in [0.15, 0.2) is 0 Å². The Balaban J connectivity index is 2.73. The second kappa shape index (κ2) is 6.30. The van der Waals surface area contributed by atoms with E-state index in [1.54, 1.807) is 0 Å². The molecule has 0 fully saturated rings. The van der Waals surface area contributed by atoms with E-state index in [1.807, 2.05) is 0 Å². The quantitative estimate of drug-likeness (QED) is 0.832. The zero-order chi connectivity index (χ0) is 12.1. The van der Waals surface area contributed by atoms with Crippen LogP contribution in [0.2, 0.25) is 15.1 Å². The lowest BCUT2D eigenvalue weighted by atomic mass is 10.2. The lowest BCUT2D eigenvalue weighted by molar-refractivity contribution is -0.116. The van der Waals surface area contributed by atoms with E-state index in [1.165, 1.54) is 12.1 Å². The first-order valence-corrected chi connectivity index (χ1v) is 5.82. The van der Waals surface area contributed by atoms with Crippen LogP contribution in [0.4, 0.5) is 5.69 Å². The van der Waals surface area contributed by atoms with Gasteiger partial charge < -0.3 is 11.1 Å². The minimum Gasteiger partial charge on any atom is -0.330 e. The molecule has 0 bridgehead atoms. The fourth-order valence-electron chi connectivity index (χ4n) is 1.09. The van der Waals surface area contributed by atoms with E-state index in [0.29, 0.717) is 40.1 Å². The summed E-state index contributed by atoms with van der Waals surface area (Å²) in [6.07, 6.45) is 0.984. The van der Waals surface area contributed by atoms with Crippen molar-refractivity contribution in [3.63, 3.8) is 0 Å². The molecule has 0 aliphatic carbocycles. The topological polar surface area (TPSA) is 55.1 Å². The standard InChI is InChI=1S/C10H11Cl3N2O/c11-6-4-8(13)9(5-7(6)12)15-10(16)2-1-3-14/h4-5H,1-3,14H2,(H,15,16). The Bertz CT molecular complexity index is 396. The van der Waals surface area contributed by atoms with Crippen LogP contribution in [0.15, 0.2) is 12.1 Å². The van der Waals surface area contributed by atoms with Gasteiger partial charge in [0.25, 0.3) is 0 Å². The zero-order valence-electron chi connectivity index (χ0n) is 8.40. The number of nitrogens with one attached hydrogen (secondary N) is 1. The second-order valence-electron chi connectivity index (χ2n) is 3.19. The molecule has 0 unspecified atom stereocenters. The third-order valence-corrected chi connectivity index (χ3v) is 2.93. The van der Waals surface area contributed by atoms with Crippen molar-refractivity contribution in [2.45, 2.75) is 12.8 Å². The van der Waals surface area contributed by atoms with Crippen LogP contribution < -0.4 is 11.1 Å². The maximum atomic E-state index is 11.4. The molecule has 3 N–H and O–H groups in total. The summed E-state index contributed by atoms with van der Waals surface area (Å²) in [5.41, 5.74) is 5.76. The van der Waals surface area contributed by atoms with Gasteiger partial charge in [0.2, 0.25) is 5.91 Å². The van der Waals surface area contributed by atoms with E-state index >= 15 is 0 Å². The van der Waals surface area contributed by atoms with Crippen LogP contribution >= 0.6 is 34.8 Å². The molecule has 0 aromatic heterocycles. The fraction of sp³-hybridized carbons (Fsp3) is 0.300. The van der Waals surface area contributed by atoms with Crippen molar-refractivity contribution < 1.29 is 4.79 Å². The summed E-state index contributed by atoms with van der Waals surface area (Å²) < 4.78 is 0. The van der Waals surface area contributed by atoms with Gasteiger partial charge in [-0.1, -0.05) is 34.8 Å². The number of hydrogen-bond acceptors (Lipinski definition) is 2. The highest BCUT2D eigenvalue weighted by Gasteiger charge is 2.08. The molecule has 0 spiro atoms. The summed E-state index contributed by atoms with van der Waals surface area (Å²) >= 11 is 17.5. The summed E-state index contributed by atoms with van der Waals surface area (Å²) in [5.74, 6) is -0.147. The molecule has 0 aliphatic rings. The summed E-state index contributed by atoms with van der Waals surface area (Å²) in [7, 11) is 0. The predicted octanol–water partition coefficient (Wildman–Crippen LogP) is 3.32. The summed E-state index contributed by atoms with van der Waals surface area (Å²) in [5, 5.41) is 3.70. The molecule has 1 rings (SSSR count). The summed E-state index contributed by atoms with van der Waals surface area (Å²) in [6, 6.07) is 3.01. The normalized spacial score (nSPS) is 10.2. The van der Waals surface area contributed by atoms with Gasteiger partial charge in [0.05, 0.1) is 20.8 Å². The number of anilines is 1. The zero-order valence-corrected chi connectivity index (χ0v) is 10.7. The molecule has 1 aromatic carbocycles. The monoisotopic (exact) mass is 280 g/mol. The van der Waals surface area contributed by atoms with Gasteiger partial charge in [0, 0.05) is 6.42 Å². The minimum absolute atomic E-state index is 0.147. The molecule has 88 valence electrons. The largest absolute Gasteiger partial charge is 0.330 e. The van der Waals surface area contributed by atoms with Crippen LogP contribution in [-0.4, -0.2) is 12.5 Å². The van der Waals surface area contributed by atoms with Crippen LogP contribution in [0.3, 0.4) is 0 Å². The van der Waals surface area contributed by atoms with Gasteiger partial charge in [-0.25, -0.2) is 0 Å². The summed E-state index contributed by atoms with van der Waals surface area (Å²) in [4.78, 5) is 11.4. The summed E-state index contributed by atoms with van der Waals surface area (Å²) in [6.45, 7) is 0.475. The first kappa shape index (κ1) is 13.6. The van der Waals surface area contributed by atoms with E-state index in [-0.39, 0.29) is 5.91 Å². The van der Waals surface area contributed by atoms with Gasteiger partial charge in [-0.2, -0.15) is 0 Å². The number of nitrogens with two attached hydrogens (primary N) is 1. The second-order valence-corrected chi connectivity index (χ2v) is 4.41. The van der Waals surface area contributed by atoms with E-state index < -0.39 is 0 Å². The molecule has 1 aromatic rings. The van der Waals surface area contributed by atoms with Crippen molar-refractivity contribution in [2.24, 2.45) is 5.73 Å². The molecule has 0 saturated heterocycles. The lowest BCUT2D eigenvalue weighted by Crippen LogP contribution is -2.13. The number of amides is 1. The van der Waals surface area contributed by atoms with Gasteiger partial charge in [-0.05, 0) is 25.1 Å². The van der Waals surface area contributed by atoms with Crippen LogP contribution in [0, 0.1) is 0 Å². The highest BCUT2D eigenvalue weighted by Crippen LogP contribution is 2.32. The van der Waals surface area contributed by atoms with Crippen molar-refractivity contribution in [3.05, 3.63) is 27.2 Å². The Hall–Kier alpha value is -0.480. The Morgan fingerprint density at radius 2 is 1.81 bits per heavy atom. The molecule has 0 heterocycles. The van der Waals surface area contributed by atoms with Crippen molar-refractivity contribution in [1.29, 1.82) is 0 Å². The van der Waals surface area contributed by atoms with Gasteiger partial charge in [-0.15, -0.1) is 0 Å². The Morgan fingerprint density at radius 1 is 1.19 bits per heavy atom. The number of halogens is 3. The maximum Gasteiger partial charge on any atom is 0.224 e. The fourth-order valence-corrected chi connectivity index (χ4v) is 1.69. The average Bonchev–Trinajstić information content (AvgIpc) is 2.23. The average molecular weight is 282 g/mol.